The molecule has 0 radical (unpaired) electrons. The highest BCUT2D eigenvalue weighted by molar-refractivity contribution is 8.00. The Morgan fingerprint density at radius 2 is 1.94 bits per heavy atom. The van der Waals surface area contributed by atoms with Crippen LogP contribution in [-0.4, -0.2) is 32.5 Å². The number of benzene rings is 2. The van der Waals surface area contributed by atoms with Gasteiger partial charge in [0.25, 0.3) is 0 Å². The number of rotatable bonds is 8. The summed E-state index contributed by atoms with van der Waals surface area (Å²) in [5.74, 6) is -0.127. The number of amides is 1. The molecule has 32 heavy (non-hydrogen) atoms. The SMILES string of the molecule is CC(Sc1nnc(-c2ccccc2Cl)n1-c1ccccc1F)C(=O)NCCc1cccs1. The van der Waals surface area contributed by atoms with E-state index in [4.69, 9.17) is 11.6 Å². The van der Waals surface area contributed by atoms with Crippen LogP contribution in [0.2, 0.25) is 5.02 Å². The van der Waals surface area contributed by atoms with E-state index in [1.54, 1.807) is 53.2 Å². The molecule has 1 atom stereocenters. The summed E-state index contributed by atoms with van der Waals surface area (Å²) in [4.78, 5) is 13.9. The number of carbonyl (C=O) groups is 1. The summed E-state index contributed by atoms with van der Waals surface area (Å²) in [7, 11) is 0. The zero-order valence-electron chi connectivity index (χ0n) is 17.2. The van der Waals surface area contributed by atoms with E-state index in [0.717, 1.165) is 6.42 Å². The van der Waals surface area contributed by atoms with Gasteiger partial charge in [0, 0.05) is 17.0 Å². The van der Waals surface area contributed by atoms with E-state index in [1.165, 1.54) is 22.7 Å². The minimum absolute atomic E-state index is 0.117. The number of aromatic nitrogens is 3. The molecule has 1 unspecified atom stereocenters. The summed E-state index contributed by atoms with van der Waals surface area (Å²) in [5.41, 5.74) is 0.921. The van der Waals surface area contributed by atoms with Crippen LogP contribution in [-0.2, 0) is 11.2 Å². The van der Waals surface area contributed by atoms with Crippen LogP contribution in [0, 0.1) is 5.82 Å². The lowest BCUT2D eigenvalue weighted by Crippen LogP contribution is -2.32. The second-order valence-electron chi connectivity index (χ2n) is 6.95. The topological polar surface area (TPSA) is 59.8 Å². The fraction of sp³-hybridized carbons (Fsp3) is 0.174. The zero-order valence-corrected chi connectivity index (χ0v) is 19.6. The van der Waals surface area contributed by atoms with Gasteiger partial charge in [0.1, 0.15) is 5.82 Å². The van der Waals surface area contributed by atoms with Gasteiger partial charge in [-0.15, -0.1) is 21.5 Å². The Bertz CT molecular complexity index is 1210. The molecule has 0 spiro atoms. The molecular weight excluding hydrogens is 467 g/mol. The van der Waals surface area contributed by atoms with Crippen LogP contribution in [0.15, 0.2) is 71.2 Å². The summed E-state index contributed by atoms with van der Waals surface area (Å²) in [6, 6.07) is 17.6. The van der Waals surface area contributed by atoms with Gasteiger partial charge in [-0.05, 0) is 49.1 Å². The maximum Gasteiger partial charge on any atom is 0.233 e. The van der Waals surface area contributed by atoms with Gasteiger partial charge in [0.05, 0.1) is 16.0 Å². The van der Waals surface area contributed by atoms with Gasteiger partial charge in [-0.3, -0.25) is 9.36 Å². The van der Waals surface area contributed by atoms with E-state index in [9.17, 15) is 9.18 Å². The van der Waals surface area contributed by atoms with E-state index in [0.29, 0.717) is 33.8 Å². The van der Waals surface area contributed by atoms with Gasteiger partial charge < -0.3 is 5.32 Å². The number of hydrogen-bond acceptors (Lipinski definition) is 5. The summed E-state index contributed by atoms with van der Waals surface area (Å²) in [5, 5.41) is 14.0. The van der Waals surface area contributed by atoms with Crippen molar-refractivity contribution in [3.8, 4) is 17.1 Å². The van der Waals surface area contributed by atoms with E-state index < -0.39 is 11.1 Å². The van der Waals surface area contributed by atoms with Gasteiger partial charge in [0.15, 0.2) is 11.0 Å². The quantitative estimate of drug-likeness (QED) is 0.328. The monoisotopic (exact) mass is 486 g/mol. The Hall–Kier alpha value is -2.68. The first-order valence-electron chi connectivity index (χ1n) is 9.96. The number of hydrogen-bond donors (Lipinski definition) is 1. The molecular formula is C23H20ClFN4OS2. The number of thiophene rings is 1. The van der Waals surface area contributed by atoms with Gasteiger partial charge in [-0.1, -0.05) is 53.7 Å². The Morgan fingerprint density at radius 1 is 1.16 bits per heavy atom. The van der Waals surface area contributed by atoms with Crippen LogP contribution in [0.4, 0.5) is 4.39 Å². The molecule has 4 rings (SSSR count). The Labute approximate surface area is 198 Å². The van der Waals surface area contributed by atoms with Crippen LogP contribution in [0.1, 0.15) is 11.8 Å². The van der Waals surface area contributed by atoms with Gasteiger partial charge in [-0.2, -0.15) is 0 Å². The predicted molar refractivity (Wildman–Crippen MR) is 128 cm³/mol. The molecule has 0 aliphatic rings. The second-order valence-corrected chi connectivity index (χ2v) is 9.70. The standard InChI is InChI=1S/C23H20ClFN4OS2/c1-15(22(30)26-13-12-16-7-6-14-31-16)32-23-28-27-21(17-8-2-3-9-18(17)24)29(23)20-11-5-4-10-19(20)25/h2-11,14-15H,12-13H2,1H3,(H,26,30). The molecule has 0 saturated carbocycles. The molecule has 2 aromatic heterocycles. The minimum Gasteiger partial charge on any atom is -0.355 e. The molecule has 0 aliphatic carbocycles. The van der Waals surface area contributed by atoms with Crippen LogP contribution < -0.4 is 5.32 Å². The fourth-order valence-electron chi connectivity index (χ4n) is 3.13. The third-order valence-electron chi connectivity index (χ3n) is 4.74. The fourth-order valence-corrected chi connectivity index (χ4v) is 4.95. The van der Waals surface area contributed by atoms with Crippen molar-refractivity contribution in [3.05, 3.63) is 81.8 Å². The maximum atomic E-state index is 14.7. The molecule has 2 heterocycles. The third-order valence-corrected chi connectivity index (χ3v) is 7.05. The van der Waals surface area contributed by atoms with Gasteiger partial charge >= 0.3 is 0 Å². The first-order valence-corrected chi connectivity index (χ1v) is 12.1. The van der Waals surface area contributed by atoms with Crippen LogP contribution in [0.5, 0.6) is 0 Å². The van der Waals surface area contributed by atoms with Crippen LogP contribution in [0.25, 0.3) is 17.1 Å². The highest BCUT2D eigenvalue weighted by atomic mass is 35.5. The molecule has 2 aromatic carbocycles. The second kappa shape index (κ2) is 10.3. The van der Waals surface area contributed by atoms with Crippen molar-refractivity contribution in [2.75, 3.05) is 6.54 Å². The van der Waals surface area contributed by atoms with Gasteiger partial charge in [-0.25, -0.2) is 4.39 Å². The van der Waals surface area contributed by atoms with Crippen LogP contribution in [0.3, 0.4) is 0 Å². The average molecular weight is 487 g/mol. The summed E-state index contributed by atoms with van der Waals surface area (Å²) in [6.45, 7) is 2.34. The Balaban J connectivity index is 1.59. The summed E-state index contributed by atoms with van der Waals surface area (Å²) in [6.07, 6.45) is 0.781. The van der Waals surface area contributed by atoms with Crippen molar-refractivity contribution in [1.29, 1.82) is 0 Å². The molecule has 1 N–H and O–H groups in total. The molecule has 9 heteroatoms. The number of thioether (sulfide) groups is 1. The molecule has 5 nitrogen and oxygen atoms in total. The molecule has 1 amide bonds. The number of nitrogens with zero attached hydrogens (tertiary/aromatic N) is 3. The molecule has 0 fully saturated rings. The maximum absolute atomic E-state index is 14.7. The van der Waals surface area contributed by atoms with E-state index >= 15 is 0 Å². The number of carbonyl (C=O) groups excluding carboxylic acids is 1. The third kappa shape index (κ3) is 5.03. The van der Waals surface area contributed by atoms with E-state index in [2.05, 4.69) is 15.5 Å². The number of para-hydroxylation sites is 1. The lowest BCUT2D eigenvalue weighted by Gasteiger charge is -2.14. The lowest BCUT2D eigenvalue weighted by molar-refractivity contribution is -0.120. The average Bonchev–Trinajstić information content (AvgIpc) is 3.45. The zero-order chi connectivity index (χ0) is 22.5. The van der Waals surface area contributed by atoms with Crippen molar-refractivity contribution < 1.29 is 9.18 Å². The van der Waals surface area contributed by atoms with Crippen molar-refractivity contribution in [3.63, 3.8) is 0 Å². The lowest BCUT2D eigenvalue weighted by atomic mass is 10.2. The largest absolute Gasteiger partial charge is 0.355 e. The van der Waals surface area contributed by atoms with Crippen molar-refractivity contribution >= 4 is 40.6 Å². The Kier molecular flexibility index (Phi) is 7.24. The Morgan fingerprint density at radius 3 is 2.69 bits per heavy atom. The van der Waals surface area contributed by atoms with Gasteiger partial charge in [0.2, 0.25) is 5.91 Å². The number of nitrogens with one attached hydrogen (secondary N) is 1. The molecule has 0 saturated heterocycles. The van der Waals surface area contributed by atoms with Crippen molar-refractivity contribution in [2.45, 2.75) is 23.8 Å². The van der Waals surface area contributed by atoms with Crippen molar-refractivity contribution in [2.24, 2.45) is 0 Å². The first-order chi connectivity index (χ1) is 15.5. The van der Waals surface area contributed by atoms with E-state index in [1.807, 2.05) is 29.6 Å². The first kappa shape index (κ1) is 22.5. The molecule has 0 bridgehead atoms. The highest BCUT2D eigenvalue weighted by Crippen LogP contribution is 2.33. The summed E-state index contributed by atoms with van der Waals surface area (Å²) < 4.78 is 16.3. The van der Waals surface area contributed by atoms with Crippen molar-refractivity contribution in [1.82, 2.24) is 20.1 Å². The molecule has 4 aromatic rings. The van der Waals surface area contributed by atoms with E-state index in [-0.39, 0.29) is 5.91 Å². The minimum atomic E-state index is -0.452. The number of halogens is 2. The normalized spacial score (nSPS) is 12.0. The molecule has 0 aliphatic heterocycles. The molecule has 164 valence electrons. The summed E-state index contributed by atoms with van der Waals surface area (Å²) >= 11 is 9.26. The highest BCUT2D eigenvalue weighted by Gasteiger charge is 2.24. The van der Waals surface area contributed by atoms with Crippen LogP contribution >= 0.6 is 34.7 Å². The predicted octanol–water partition coefficient (Wildman–Crippen LogP) is 5.63. The smallest absolute Gasteiger partial charge is 0.233 e.